The molecule has 4 aromatic carbocycles. The molecule has 0 aliphatic rings. The van der Waals surface area contributed by atoms with Crippen LogP contribution >= 0.6 is 0 Å². The second-order valence-electron chi connectivity index (χ2n) is 8.29. The first-order valence-electron chi connectivity index (χ1n) is 11.1. The molecule has 0 saturated heterocycles. The van der Waals surface area contributed by atoms with Gasteiger partial charge in [0.25, 0.3) is 0 Å². The summed E-state index contributed by atoms with van der Waals surface area (Å²) in [5.74, 6) is 5.89. The third-order valence-corrected chi connectivity index (χ3v) is 5.71. The lowest BCUT2D eigenvalue weighted by Crippen LogP contribution is -1.92. The van der Waals surface area contributed by atoms with E-state index in [1.165, 1.54) is 16.7 Å². The predicted octanol–water partition coefficient (Wildman–Crippen LogP) is 8.13. The molecule has 0 aromatic heterocycles. The molecule has 0 saturated carbocycles. The summed E-state index contributed by atoms with van der Waals surface area (Å²) >= 11 is 0. The Morgan fingerprint density at radius 2 is 1.22 bits per heavy atom. The van der Waals surface area contributed by atoms with Crippen molar-refractivity contribution in [2.24, 2.45) is 0 Å². The van der Waals surface area contributed by atoms with Crippen LogP contribution in [0.4, 0.5) is 4.39 Å². The lowest BCUT2D eigenvalue weighted by molar-refractivity contribution is 0.623. The molecule has 0 atom stereocenters. The lowest BCUT2D eigenvalue weighted by atomic mass is 9.97. The monoisotopic (exact) mass is 418 g/mol. The summed E-state index contributed by atoms with van der Waals surface area (Å²) in [6, 6.07) is 28.5. The van der Waals surface area contributed by atoms with Crippen molar-refractivity contribution in [3.05, 3.63) is 119 Å². The van der Waals surface area contributed by atoms with Crippen LogP contribution in [-0.4, -0.2) is 0 Å². The first-order chi connectivity index (χ1) is 15.5. The molecule has 0 N–H and O–H groups in total. The molecule has 0 amide bonds. The van der Waals surface area contributed by atoms with Gasteiger partial charge in [-0.2, -0.15) is 0 Å². The fourth-order valence-corrected chi connectivity index (χ4v) is 3.85. The van der Waals surface area contributed by atoms with Crippen molar-refractivity contribution >= 4 is 0 Å². The van der Waals surface area contributed by atoms with Crippen LogP contribution in [0.1, 0.15) is 41.2 Å². The highest BCUT2D eigenvalue weighted by Gasteiger charge is 2.08. The standard InChI is InChI=1S/C31H27F/c1-4-5-24-8-17-28(18-9-24)29-20-23(3)30(31(32)21-29)19-12-25-10-15-27(16-11-25)26-13-6-22(2)7-14-26/h6-11,13-18,20-21H,4-5H2,1-3H3. The van der Waals surface area contributed by atoms with Gasteiger partial charge in [0.2, 0.25) is 0 Å². The minimum atomic E-state index is -0.276. The summed E-state index contributed by atoms with van der Waals surface area (Å²) in [5.41, 5.74) is 8.96. The van der Waals surface area contributed by atoms with Crippen molar-refractivity contribution in [1.82, 2.24) is 0 Å². The zero-order chi connectivity index (χ0) is 22.5. The normalized spacial score (nSPS) is 10.5. The molecule has 0 aliphatic heterocycles. The second-order valence-corrected chi connectivity index (χ2v) is 8.29. The van der Waals surface area contributed by atoms with Crippen molar-refractivity contribution in [2.75, 3.05) is 0 Å². The quantitative estimate of drug-likeness (QED) is 0.293. The fraction of sp³-hybridized carbons (Fsp3) is 0.161. The summed E-state index contributed by atoms with van der Waals surface area (Å²) < 4.78 is 14.9. The van der Waals surface area contributed by atoms with Gasteiger partial charge in [0.05, 0.1) is 5.56 Å². The van der Waals surface area contributed by atoms with Gasteiger partial charge in [0.1, 0.15) is 5.82 Å². The third-order valence-electron chi connectivity index (χ3n) is 5.71. The summed E-state index contributed by atoms with van der Waals surface area (Å²) in [6.07, 6.45) is 2.18. The number of aryl methyl sites for hydroxylation is 3. The lowest BCUT2D eigenvalue weighted by Gasteiger charge is -2.08. The van der Waals surface area contributed by atoms with Crippen LogP contribution in [0.2, 0.25) is 0 Å². The van der Waals surface area contributed by atoms with Crippen LogP contribution in [0.3, 0.4) is 0 Å². The Labute approximate surface area is 190 Å². The first-order valence-corrected chi connectivity index (χ1v) is 11.1. The Morgan fingerprint density at radius 3 is 1.81 bits per heavy atom. The van der Waals surface area contributed by atoms with E-state index in [4.69, 9.17) is 0 Å². The number of halogens is 1. The Balaban J connectivity index is 1.55. The van der Waals surface area contributed by atoms with Crippen molar-refractivity contribution < 1.29 is 4.39 Å². The van der Waals surface area contributed by atoms with E-state index >= 15 is 0 Å². The van der Waals surface area contributed by atoms with E-state index < -0.39 is 0 Å². The smallest absolute Gasteiger partial charge is 0.139 e. The van der Waals surface area contributed by atoms with Gasteiger partial charge in [0.15, 0.2) is 0 Å². The van der Waals surface area contributed by atoms with E-state index in [1.54, 1.807) is 6.07 Å². The molecular weight excluding hydrogens is 391 g/mol. The van der Waals surface area contributed by atoms with E-state index in [0.717, 1.165) is 40.7 Å². The van der Waals surface area contributed by atoms with E-state index in [2.05, 4.69) is 86.4 Å². The Kier molecular flexibility index (Phi) is 6.52. The molecule has 0 aliphatic carbocycles. The van der Waals surface area contributed by atoms with Gasteiger partial charge in [0, 0.05) is 5.56 Å². The molecule has 158 valence electrons. The van der Waals surface area contributed by atoms with Crippen LogP contribution in [0, 0.1) is 31.5 Å². The van der Waals surface area contributed by atoms with Crippen molar-refractivity contribution in [1.29, 1.82) is 0 Å². The molecular formula is C31H27F. The van der Waals surface area contributed by atoms with Crippen LogP contribution in [0.15, 0.2) is 84.9 Å². The van der Waals surface area contributed by atoms with Gasteiger partial charge in [-0.1, -0.05) is 91.4 Å². The Hall–Kier alpha value is -3.63. The molecule has 0 fully saturated rings. The molecule has 0 unspecified atom stereocenters. The fourth-order valence-electron chi connectivity index (χ4n) is 3.85. The highest BCUT2D eigenvalue weighted by molar-refractivity contribution is 5.67. The molecule has 0 nitrogen and oxygen atoms in total. The summed E-state index contributed by atoms with van der Waals surface area (Å²) in [7, 11) is 0. The van der Waals surface area contributed by atoms with Crippen molar-refractivity contribution in [3.63, 3.8) is 0 Å². The van der Waals surface area contributed by atoms with E-state index in [1.807, 2.05) is 25.1 Å². The molecule has 32 heavy (non-hydrogen) atoms. The average molecular weight is 419 g/mol. The molecule has 0 bridgehead atoms. The maximum Gasteiger partial charge on any atom is 0.139 e. The zero-order valence-electron chi connectivity index (χ0n) is 18.9. The maximum atomic E-state index is 14.9. The minimum absolute atomic E-state index is 0.276. The molecule has 1 heteroatoms. The van der Waals surface area contributed by atoms with E-state index in [9.17, 15) is 4.39 Å². The molecule has 0 heterocycles. The van der Waals surface area contributed by atoms with Crippen LogP contribution in [0.25, 0.3) is 22.3 Å². The highest BCUT2D eigenvalue weighted by atomic mass is 19.1. The van der Waals surface area contributed by atoms with Crippen molar-refractivity contribution in [3.8, 4) is 34.1 Å². The average Bonchev–Trinajstić information content (AvgIpc) is 2.80. The SMILES string of the molecule is CCCc1ccc(-c2cc(C)c(C#Cc3ccc(-c4ccc(C)cc4)cc3)c(F)c2)cc1. The number of rotatable bonds is 4. The minimum Gasteiger partial charge on any atom is -0.206 e. The number of benzene rings is 4. The second kappa shape index (κ2) is 9.67. The number of hydrogen-bond donors (Lipinski definition) is 0. The largest absolute Gasteiger partial charge is 0.206 e. The third kappa shape index (κ3) is 4.98. The molecule has 0 radical (unpaired) electrons. The van der Waals surface area contributed by atoms with Crippen molar-refractivity contribution in [2.45, 2.75) is 33.6 Å². The van der Waals surface area contributed by atoms with Gasteiger partial charge in [-0.15, -0.1) is 0 Å². The van der Waals surface area contributed by atoms with Gasteiger partial charge in [-0.25, -0.2) is 4.39 Å². The van der Waals surface area contributed by atoms with Crippen LogP contribution in [0.5, 0.6) is 0 Å². The Bertz CT molecular complexity index is 1240. The maximum absolute atomic E-state index is 14.9. The molecule has 4 rings (SSSR count). The number of hydrogen-bond acceptors (Lipinski definition) is 0. The van der Waals surface area contributed by atoms with Gasteiger partial charge in [-0.3, -0.25) is 0 Å². The summed E-state index contributed by atoms with van der Waals surface area (Å²) in [5, 5.41) is 0. The van der Waals surface area contributed by atoms with Crippen LogP contribution < -0.4 is 0 Å². The van der Waals surface area contributed by atoms with Gasteiger partial charge >= 0.3 is 0 Å². The first kappa shape index (κ1) is 21.6. The highest BCUT2D eigenvalue weighted by Crippen LogP contribution is 2.25. The summed E-state index contributed by atoms with van der Waals surface area (Å²) in [4.78, 5) is 0. The van der Waals surface area contributed by atoms with Gasteiger partial charge in [-0.05, 0) is 77.9 Å². The molecule has 0 spiro atoms. The Morgan fingerprint density at radius 1 is 0.656 bits per heavy atom. The predicted molar refractivity (Wildman–Crippen MR) is 133 cm³/mol. The molecule has 4 aromatic rings. The topological polar surface area (TPSA) is 0 Å². The van der Waals surface area contributed by atoms with Crippen LogP contribution in [-0.2, 0) is 6.42 Å². The zero-order valence-corrected chi connectivity index (χ0v) is 18.9. The van der Waals surface area contributed by atoms with Gasteiger partial charge < -0.3 is 0 Å². The summed E-state index contributed by atoms with van der Waals surface area (Å²) in [6.45, 7) is 6.17. The van der Waals surface area contributed by atoms with E-state index in [0.29, 0.717) is 5.56 Å². The van der Waals surface area contributed by atoms with E-state index in [-0.39, 0.29) is 5.82 Å².